The zero-order valence-corrected chi connectivity index (χ0v) is 11.8. The molecule has 0 saturated carbocycles. The van der Waals surface area contributed by atoms with E-state index in [1.165, 1.54) is 0 Å². The summed E-state index contributed by atoms with van der Waals surface area (Å²) in [6.07, 6.45) is 0.428. The minimum absolute atomic E-state index is 0.0474. The molecule has 0 spiro atoms. The van der Waals surface area contributed by atoms with Crippen LogP contribution in [0.1, 0.15) is 31.7 Å². The highest BCUT2D eigenvalue weighted by atomic mass is 79.9. The second kappa shape index (κ2) is 6.77. The lowest BCUT2D eigenvalue weighted by molar-refractivity contribution is -0.121. The number of carbonyl (C=O) groups is 1. The van der Waals surface area contributed by atoms with E-state index in [-0.39, 0.29) is 17.9 Å². The van der Waals surface area contributed by atoms with Crippen LogP contribution in [-0.4, -0.2) is 18.5 Å². The van der Waals surface area contributed by atoms with Gasteiger partial charge in [-0.25, -0.2) is 0 Å². The van der Waals surface area contributed by atoms with Crippen LogP contribution in [0.25, 0.3) is 0 Å². The van der Waals surface area contributed by atoms with Gasteiger partial charge in [-0.1, -0.05) is 34.1 Å². The van der Waals surface area contributed by atoms with Crippen LogP contribution < -0.4 is 11.1 Å². The number of hydrogen-bond donors (Lipinski definition) is 2. The summed E-state index contributed by atoms with van der Waals surface area (Å²) in [6, 6.07) is 8.06. The number of amides is 1. The second-order valence-electron chi connectivity index (χ2n) is 4.38. The highest BCUT2D eigenvalue weighted by molar-refractivity contribution is 9.10. The molecule has 0 aromatic heterocycles. The first-order valence-corrected chi connectivity index (χ1v) is 6.57. The van der Waals surface area contributed by atoms with E-state index < -0.39 is 0 Å². The first-order chi connectivity index (χ1) is 8.04. The lowest BCUT2D eigenvalue weighted by Gasteiger charge is -2.17. The molecule has 0 aliphatic rings. The van der Waals surface area contributed by atoms with Gasteiger partial charge in [0, 0.05) is 22.9 Å². The van der Waals surface area contributed by atoms with Crippen molar-refractivity contribution in [3.63, 3.8) is 0 Å². The molecule has 0 fully saturated rings. The molecular formula is C13H19BrN2O. The van der Waals surface area contributed by atoms with Crippen molar-refractivity contribution in [1.29, 1.82) is 0 Å². The van der Waals surface area contributed by atoms with E-state index in [1.54, 1.807) is 0 Å². The Hall–Kier alpha value is -0.870. The third-order valence-corrected chi connectivity index (χ3v) is 3.23. The van der Waals surface area contributed by atoms with Gasteiger partial charge < -0.3 is 11.1 Å². The summed E-state index contributed by atoms with van der Waals surface area (Å²) < 4.78 is 1.01. The zero-order chi connectivity index (χ0) is 12.8. The number of nitrogens with two attached hydrogens (primary N) is 1. The van der Waals surface area contributed by atoms with E-state index >= 15 is 0 Å². The maximum Gasteiger partial charge on any atom is 0.220 e. The molecule has 3 nitrogen and oxygen atoms in total. The second-order valence-corrected chi connectivity index (χ2v) is 5.23. The Bertz CT molecular complexity index is 379. The van der Waals surface area contributed by atoms with Gasteiger partial charge in [0.15, 0.2) is 0 Å². The SMILES string of the molecule is CC(C)NC(=O)CC(CN)c1ccccc1Br. The molecule has 0 heterocycles. The third kappa shape index (κ3) is 4.48. The lowest BCUT2D eigenvalue weighted by Crippen LogP contribution is -2.32. The number of rotatable bonds is 5. The van der Waals surface area contributed by atoms with Crippen LogP contribution in [-0.2, 0) is 4.79 Å². The fraction of sp³-hybridized carbons (Fsp3) is 0.462. The van der Waals surface area contributed by atoms with Crippen LogP contribution in [0, 0.1) is 0 Å². The topological polar surface area (TPSA) is 55.1 Å². The Morgan fingerprint density at radius 1 is 1.41 bits per heavy atom. The molecule has 4 heteroatoms. The lowest BCUT2D eigenvalue weighted by atomic mass is 9.95. The van der Waals surface area contributed by atoms with Gasteiger partial charge in [0.1, 0.15) is 0 Å². The van der Waals surface area contributed by atoms with Gasteiger partial charge >= 0.3 is 0 Å². The predicted molar refractivity (Wildman–Crippen MR) is 73.8 cm³/mol. The summed E-state index contributed by atoms with van der Waals surface area (Å²) in [5.74, 6) is 0.107. The normalized spacial score (nSPS) is 12.5. The largest absolute Gasteiger partial charge is 0.354 e. The number of halogens is 1. The van der Waals surface area contributed by atoms with Crippen LogP contribution in [0.15, 0.2) is 28.7 Å². The van der Waals surface area contributed by atoms with Gasteiger partial charge in [-0.05, 0) is 32.0 Å². The highest BCUT2D eigenvalue weighted by Gasteiger charge is 2.16. The van der Waals surface area contributed by atoms with Gasteiger partial charge in [0.2, 0.25) is 5.91 Å². The fourth-order valence-electron chi connectivity index (χ4n) is 1.73. The molecule has 3 N–H and O–H groups in total. The van der Waals surface area contributed by atoms with Crippen molar-refractivity contribution in [2.24, 2.45) is 5.73 Å². The molecule has 1 unspecified atom stereocenters. The zero-order valence-electron chi connectivity index (χ0n) is 10.2. The van der Waals surface area contributed by atoms with Gasteiger partial charge in [-0.3, -0.25) is 4.79 Å². The quantitative estimate of drug-likeness (QED) is 0.877. The summed E-state index contributed by atoms with van der Waals surface area (Å²) >= 11 is 3.49. The predicted octanol–water partition coefficient (Wildman–Crippen LogP) is 2.41. The molecule has 0 radical (unpaired) electrons. The highest BCUT2D eigenvalue weighted by Crippen LogP contribution is 2.26. The van der Waals surface area contributed by atoms with Crippen molar-refractivity contribution >= 4 is 21.8 Å². The summed E-state index contributed by atoms with van der Waals surface area (Å²) in [6.45, 7) is 4.37. The molecule has 94 valence electrons. The molecular weight excluding hydrogens is 280 g/mol. The smallest absolute Gasteiger partial charge is 0.220 e. The van der Waals surface area contributed by atoms with E-state index in [1.807, 2.05) is 38.1 Å². The maximum absolute atomic E-state index is 11.7. The van der Waals surface area contributed by atoms with Crippen molar-refractivity contribution in [2.75, 3.05) is 6.54 Å². The van der Waals surface area contributed by atoms with Crippen molar-refractivity contribution in [2.45, 2.75) is 32.2 Å². The van der Waals surface area contributed by atoms with E-state index in [9.17, 15) is 4.79 Å². The monoisotopic (exact) mass is 298 g/mol. The molecule has 0 saturated heterocycles. The van der Waals surface area contributed by atoms with Crippen LogP contribution in [0.3, 0.4) is 0 Å². The minimum Gasteiger partial charge on any atom is -0.354 e. The van der Waals surface area contributed by atoms with Crippen LogP contribution in [0.2, 0.25) is 0 Å². The average molecular weight is 299 g/mol. The summed E-state index contributed by atoms with van der Waals surface area (Å²) in [4.78, 5) is 11.7. The van der Waals surface area contributed by atoms with Crippen LogP contribution in [0.5, 0.6) is 0 Å². The summed E-state index contributed by atoms with van der Waals surface area (Å²) in [7, 11) is 0. The first-order valence-electron chi connectivity index (χ1n) is 5.78. The Labute approximate surface area is 111 Å². The molecule has 0 aliphatic heterocycles. The van der Waals surface area contributed by atoms with Gasteiger partial charge in [-0.15, -0.1) is 0 Å². The fourth-order valence-corrected chi connectivity index (χ4v) is 2.34. The average Bonchev–Trinajstić information content (AvgIpc) is 2.26. The summed E-state index contributed by atoms with van der Waals surface area (Å²) in [5.41, 5.74) is 6.84. The molecule has 0 bridgehead atoms. The van der Waals surface area contributed by atoms with Gasteiger partial charge in [0.25, 0.3) is 0 Å². The van der Waals surface area contributed by atoms with E-state index in [4.69, 9.17) is 5.73 Å². The molecule has 1 atom stereocenters. The van der Waals surface area contributed by atoms with E-state index in [2.05, 4.69) is 21.2 Å². The van der Waals surface area contributed by atoms with Crippen LogP contribution >= 0.6 is 15.9 Å². The molecule has 1 amide bonds. The number of carbonyl (C=O) groups excluding carboxylic acids is 1. The Morgan fingerprint density at radius 2 is 2.06 bits per heavy atom. The number of hydrogen-bond acceptors (Lipinski definition) is 2. The molecule has 1 rings (SSSR count). The first kappa shape index (κ1) is 14.2. The van der Waals surface area contributed by atoms with Crippen molar-refractivity contribution < 1.29 is 4.79 Å². The Balaban J connectivity index is 2.73. The summed E-state index contributed by atoms with van der Waals surface area (Å²) in [5, 5.41) is 2.89. The molecule has 0 aliphatic carbocycles. The van der Waals surface area contributed by atoms with Crippen molar-refractivity contribution in [3.05, 3.63) is 34.3 Å². The van der Waals surface area contributed by atoms with Crippen LogP contribution in [0.4, 0.5) is 0 Å². The Morgan fingerprint density at radius 3 is 2.59 bits per heavy atom. The van der Waals surface area contributed by atoms with Gasteiger partial charge in [0.05, 0.1) is 0 Å². The standard InChI is InChI=1S/C13H19BrN2O/c1-9(2)16-13(17)7-10(8-15)11-5-3-4-6-12(11)14/h3-6,9-10H,7-8,15H2,1-2H3,(H,16,17). The minimum atomic E-state index is 0.0474. The maximum atomic E-state index is 11.7. The molecule has 1 aromatic rings. The van der Waals surface area contributed by atoms with Crippen molar-refractivity contribution in [1.82, 2.24) is 5.32 Å². The van der Waals surface area contributed by atoms with Crippen molar-refractivity contribution in [3.8, 4) is 0 Å². The third-order valence-electron chi connectivity index (χ3n) is 2.51. The number of nitrogens with one attached hydrogen (secondary N) is 1. The Kier molecular flexibility index (Phi) is 5.65. The number of benzene rings is 1. The van der Waals surface area contributed by atoms with E-state index in [0.717, 1.165) is 10.0 Å². The van der Waals surface area contributed by atoms with Gasteiger partial charge in [-0.2, -0.15) is 0 Å². The molecule has 1 aromatic carbocycles. The van der Waals surface area contributed by atoms with E-state index in [0.29, 0.717) is 13.0 Å². The molecule has 17 heavy (non-hydrogen) atoms.